The van der Waals surface area contributed by atoms with E-state index < -0.39 is 0 Å². The number of likely N-dealkylation sites (tertiary alicyclic amines) is 1. The molecule has 2 N–H and O–H groups in total. The Morgan fingerprint density at radius 2 is 1.89 bits per heavy atom. The van der Waals surface area contributed by atoms with Gasteiger partial charge in [-0.15, -0.1) is 0 Å². The van der Waals surface area contributed by atoms with Gasteiger partial charge in [-0.25, -0.2) is 4.79 Å². The lowest BCUT2D eigenvalue weighted by Crippen LogP contribution is -2.34. The molecule has 2 amide bonds. The van der Waals surface area contributed by atoms with Crippen LogP contribution in [0, 0.1) is 12.8 Å². The molecule has 1 aliphatic rings. The van der Waals surface area contributed by atoms with Gasteiger partial charge in [-0.05, 0) is 80.1 Å². The highest BCUT2D eigenvalue weighted by atomic mass is 35.5. The third-order valence-corrected chi connectivity index (χ3v) is 6.22. The summed E-state index contributed by atoms with van der Waals surface area (Å²) in [5.74, 6) is 0.661. The first-order valence-electron chi connectivity index (χ1n) is 9.69. The fourth-order valence-corrected chi connectivity index (χ4v) is 4.11. The molecule has 4 nitrogen and oxygen atoms in total. The number of piperidine rings is 1. The van der Waals surface area contributed by atoms with Crippen molar-refractivity contribution in [1.29, 1.82) is 0 Å². The summed E-state index contributed by atoms with van der Waals surface area (Å²) in [5.41, 5.74) is 4.53. The first kappa shape index (κ1) is 21.0. The molecule has 0 radical (unpaired) electrons. The Balaban J connectivity index is 1.58. The molecule has 3 rings (SSSR count). The summed E-state index contributed by atoms with van der Waals surface area (Å²) >= 11 is 12.2. The van der Waals surface area contributed by atoms with Gasteiger partial charge in [0, 0.05) is 19.3 Å². The molecule has 0 saturated carbocycles. The van der Waals surface area contributed by atoms with E-state index in [9.17, 15) is 4.79 Å². The Bertz CT molecular complexity index is 833. The van der Waals surface area contributed by atoms with Crippen molar-refractivity contribution in [3.05, 3.63) is 63.1 Å². The van der Waals surface area contributed by atoms with Crippen molar-refractivity contribution in [3.63, 3.8) is 0 Å². The standard InChI is InChI=1S/C22H27Cl2N3O/c1-15-4-3-5-21(26-22(28)25-2)18(15)14-27-10-8-16(9-11-27)12-17-6-7-19(23)20(24)13-17/h3-7,13,16H,8-12,14H2,1-2H3,(H2,25,26,28). The van der Waals surface area contributed by atoms with Crippen molar-refractivity contribution in [1.82, 2.24) is 10.2 Å². The van der Waals surface area contributed by atoms with Crippen molar-refractivity contribution < 1.29 is 4.79 Å². The van der Waals surface area contributed by atoms with Gasteiger partial charge < -0.3 is 10.6 Å². The van der Waals surface area contributed by atoms with Crippen LogP contribution in [-0.4, -0.2) is 31.1 Å². The van der Waals surface area contributed by atoms with E-state index in [-0.39, 0.29) is 6.03 Å². The van der Waals surface area contributed by atoms with Gasteiger partial charge in [-0.3, -0.25) is 4.90 Å². The van der Waals surface area contributed by atoms with Crippen LogP contribution in [0.2, 0.25) is 10.0 Å². The molecule has 0 aliphatic carbocycles. The number of amides is 2. The number of hydrogen-bond acceptors (Lipinski definition) is 2. The summed E-state index contributed by atoms with van der Waals surface area (Å²) < 4.78 is 0. The number of carbonyl (C=O) groups is 1. The molecule has 1 fully saturated rings. The van der Waals surface area contributed by atoms with Crippen LogP contribution in [0.1, 0.15) is 29.5 Å². The molecular weight excluding hydrogens is 393 g/mol. The minimum Gasteiger partial charge on any atom is -0.341 e. The largest absolute Gasteiger partial charge is 0.341 e. The third kappa shape index (κ3) is 5.40. The van der Waals surface area contributed by atoms with Crippen LogP contribution in [0.25, 0.3) is 0 Å². The zero-order chi connectivity index (χ0) is 20.1. The van der Waals surface area contributed by atoms with Crippen molar-refractivity contribution in [2.45, 2.75) is 32.7 Å². The second-order valence-corrected chi connectivity index (χ2v) is 8.29. The lowest BCUT2D eigenvalue weighted by Gasteiger charge is -2.33. The van der Waals surface area contributed by atoms with Gasteiger partial charge in [0.05, 0.1) is 10.0 Å². The number of rotatable bonds is 5. The fourth-order valence-electron chi connectivity index (χ4n) is 3.79. The van der Waals surface area contributed by atoms with Crippen LogP contribution in [0.3, 0.4) is 0 Å². The van der Waals surface area contributed by atoms with Crippen LogP contribution in [0.4, 0.5) is 10.5 Å². The molecule has 2 aromatic rings. The van der Waals surface area contributed by atoms with Gasteiger partial charge in [0.25, 0.3) is 0 Å². The van der Waals surface area contributed by atoms with Crippen molar-refractivity contribution in [3.8, 4) is 0 Å². The van der Waals surface area contributed by atoms with E-state index >= 15 is 0 Å². The minimum absolute atomic E-state index is 0.188. The fraction of sp³-hybridized carbons (Fsp3) is 0.409. The molecule has 0 spiro atoms. The molecule has 6 heteroatoms. The van der Waals surface area contributed by atoms with Gasteiger partial charge in [0.1, 0.15) is 0 Å². The number of benzene rings is 2. The number of carbonyl (C=O) groups excluding carboxylic acids is 1. The van der Waals surface area contributed by atoms with Crippen LogP contribution in [-0.2, 0) is 13.0 Å². The molecular formula is C22H27Cl2N3O. The molecule has 0 unspecified atom stereocenters. The Morgan fingerprint density at radius 1 is 1.14 bits per heavy atom. The molecule has 0 aromatic heterocycles. The molecule has 2 aromatic carbocycles. The molecule has 0 bridgehead atoms. The van der Waals surface area contributed by atoms with Gasteiger partial charge in [0.2, 0.25) is 0 Å². The highest BCUT2D eigenvalue weighted by Crippen LogP contribution is 2.28. The van der Waals surface area contributed by atoms with Gasteiger partial charge in [0.15, 0.2) is 0 Å². The summed E-state index contributed by atoms with van der Waals surface area (Å²) in [4.78, 5) is 14.2. The highest BCUT2D eigenvalue weighted by Gasteiger charge is 2.21. The van der Waals surface area contributed by atoms with E-state index in [2.05, 4.69) is 34.6 Å². The average molecular weight is 420 g/mol. The first-order chi connectivity index (χ1) is 13.5. The van der Waals surface area contributed by atoms with E-state index in [1.807, 2.05) is 24.3 Å². The molecule has 1 saturated heterocycles. The van der Waals surface area contributed by atoms with E-state index in [1.165, 1.54) is 16.7 Å². The predicted octanol–water partition coefficient (Wildman–Crippen LogP) is 5.51. The second-order valence-electron chi connectivity index (χ2n) is 7.48. The number of urea groups is 1. The summed E-state index contributed by atoms with van der Waals surface area (Å²) in [6, 6.07) is 11.8. The normalized spacial score (nSPS) is 15.4. The van der Waals surface area contributed by atoms with Crippen molar-refractivity contribution in [2.75, 3.05) is 25.5 Å². The summed E-state index contributed by atoms with van der Waals surface area (Å²) in [6.07, 6.45) is 3.35. The topological polar surface area (TPSA) is 44.4 Å². The number of hydrogen-bond donors (Lipinski definition) is 2. The zero-order valence-corrected chi connectivity index (χ0v) is 17.9. The summed E-state index contributed by atoms with van der Waals surface area (Å²) in [7, 11) is 1.63. The quantitative estimate of drug-likeness (QED) is 0.670. The number of nitrogens with one attached hydrogen (secondary N) is 2. The lowest BCUT2D eigenvalue weighted by atomic mass is 9.90. The lowest BCUT2D eigenvalue weighted by molar-refractivity contribution is 0.177. The second kappa shape index (κ2) is 9.64. The number of nitrogens with zero attached hydrogens (tertiary/aromatic N) is 1. The van der Waals surface area contributed by atoms with Crippen LogP contribution in [0.15, 0.2) is 36.4 Å². The maximum absolute atomic E-state index is 11.7. The number of halogens is 2. The predicted molar refractivity (Wildman–Crippen MR) is 117 cm³/mol. The van der Waals surface area contributed by atoms with Gasteiger partial charge in [-0.2, -0.15) is 0 Å². The minimum atomic E-state index is -0.188. The molecule has 1 heterocycles. The summed E-state index contributed by atoms with van der Waals surface area (Å²) in [6.45, 7) is 5.06. The molecule has 1 aliphatic heterocycles. The molecule has 0 atom stereocenters. The third-order valence-electron chi connectivity index (χ3n) is 5.48. The van der Waals surface area contributed by atoms with E-state index in [1.54, 1.807) is 7.05 Å². The monoisotopic (exact) mass is 419 g/mol. The van der Waals surface area contributed by atoms with E-state index in [0.717, 1.165) is 44.6 Å². The van der Waals surface area contributed by atoms with Gasteiger partial charge in [-0.1, -0.05) is 41.4 Å². The zero-order valence-electron chi connectivity index (χ0n) is 16.4. The Hall–Kier alpha value is -1.75. The van der Waals surface area contributed by atoms with Crippen LogP contribution in [0.5, 0.6) is 0 Å². The first-order valence-corrected chi connectivity index (χ1v) is 10.5. The van der Waals surface area contributed by atoms with Crippen molar-refractivity contribution >= 4 is 34.9 Å². The smallest absolute Gasteiger partial charge is 0.318 e. The molecule has 28 heavy (non-hydrogen) atoms. The number of anilines is 1. The van der Waals surface area contributed by atoms with Gasteiger partial charge >= 0.3 is 6.03 Å². The van der Waals surface area contributed by atoms with Crippen molar-refractivity contribution in [2.24, 2.45) is 5.92 Å². The van der Waals surface area contributed by atoms with E-state index in [0.29, 0.717) is 16.0 Å². The SMILES string of the molecule is CNC(=O)Nc1cccc(C)c1CN1CCC(Cc2ccc(Cl)c(Cl)c2)CC1. The highest BCUT2D eigenvalue weighted by molar-refractivity contribution is 6.42. The Morgan fingerprint density at radius 3 is 2.57 bits per heavy atom. The molecule has 150 valence electrons. The van der Waals surface area contributed by atoms with Crippen LogP contribution >= 0.6 is 23.2 Å². The maximum Gasteiger partial charge on any atom is 0.318 e. The van der Waals surface area contributed by atoms with E-state index in [4.69, 9.17) is 23.2 Å². The van der Waals surface area contributed by atoms with Crippen LogP contribution < -0.4 is 10.6 Å². The summed E-state index contributed by atoms with van der Waals surface area (Å²) in [5, 5.41) is 6.80. The maximum atomic E-state index is 11.7. The number of aryl methyl sites for hydroxylation is 1. The Labute approximate surface area is 177 Å². The average Bonchev–Trinajstić information content (AvgIpc) is 2.68. The Kier molecular flexibility index (Phi) is 7.22.